The molecule has 1 atom stereocenters. The zero-order valence-electron chi connectivity index (χ0n) is 11.8. The van der Waals surface area contributed by atoms with Gasteiger partial charge in [0.15, 0.2) is 0 Å². The lowest BCUT2D eigenvalue weighted by molar-refractivity contribution is 0.520. The van der Waals surface area contributed by atoms with Gasteiger partial charge in [0.2, 0.25) is 0 Å². The van der Waals surface area contributed by atoms with Crippen LogP contribution in [0.4, 0.5) is 0 Å². The van der Waals surface area contributed by atoms with Gasteiger partial charge in [-0.1, -0.05) is 35.9 Å². The average Bonchev–Trinajstić information content (AvgIpc) is 2.46. The minimum absolute atomic E-state index is 0.517. The number of hydrogen-bond donors (Lipinski definition) is 1. The number of nitrogens with zero attached hydrogens (tertiary/aromatic N) is 1. The first-order chi connectivity index (χ1) is 9.28. The number of rotatable bonds is 6. The first-order valence-electron chi connectivity index (χ1n) is 6.89. The summed E-state index contributed by atoms with van der Waals surface area (Å²) in [5.41, 5.74) is 4.03. The lowest BCUT2D eigenvalue weighted by Crippen LogP contribution is -2.28. The zero-order chi connectivity index (χ0) is 13.5. The Morgan fingerprint density at radius 3 is 2.53 bits per heavy atom. The van der Waals surface area contributed by atoms with Crippen LogP contribution in [0.15, 0.2) is 48.8 Å². The topological polar surface area (TPSA) is 24.9 Å². The van der Waals surface area contributed by atoms with Crippen molar-refractivity contribution in [1.29, 1.82) is 0 Å². The van der Waals surface area contributed by atoms with E-state index in [2.05, 4.69) is 47.6 Å². The molecule has 100 valence electrons. The lowest BCUT2D eigenvalue weighted by atomic mass is 9.99. The van der Waals surface area contributed by atoms with E-state index in [1.54, 1.807) is 0 Å². The fourth-order valence-corrected chi connectivity index (χ4v) is 2.24. The maximum Gasteiger partial charge on any atom is 0.0299 e. The van der Waals surface area contributed by atoms with E-state index in [4.69, 9.17) is 0 Å². The summed E-state index contributed by atoms with van der Waals surface area (Å²) in [7, 11) is 2.04. The molecule has 1 heterocycles. The summed E-state index contributed by atoms with van der Waals surface area (Å²) in [6.07, 6.45) is 7.07. The molecule has 0 spiro atoms. The normalized spacial score (nSPS) is 12.3. The van der Waals surface area contributed by atoms with Crippen LogP contribution in [0, 0.1) is 6.92 Å². The Labute approximate surface area is 115 Å². The Bertz CT molecular complexity index is 476. The van der Waals surface area contributed by atoms with Crippen LogP contribution in [-0.4, -0.2) is 18.1 Å². The van der Waals surface area contributed by atoms with Crippen LogP contribution in [0.25, 0.3) is 0 Å². The van der Waals surface area contributed by atoms with Crippen LogP contribution in [-0.2, 0) is 12.8 Å². The van der Waals surface area contributed by atoms with Gasteiger partial charge in [-0.2, -0.15) is 0 Å². The number of nitrogens with one attached hydrogen (secondary N) is 1. The Kier molecular flexibility index (Phi) is 5.10. The molecule has 1 aromatic carbocycles. The monoisotopic (exact) mass is 254 g/mol. The van der Waals surface area contributed by atoms with E-state index in [-0.39, 0.29) is 0 Å². The van der Waals surface area contributed by atoms with Crippen LogP contribution >= 0.6 is 0 Å². The van der Waals surface area contributed by atoms with Crippen molar-refractivity contribution >= 4 is 0 Å². The summed E-state index contributed by atoms with van der Waals surface area (Å²) >= 11 is 0. The molecule has 1 aromatic heterocycles. The molecule has 0 fully saturated rings. The van der Waals surface area contributed by atoms with Crippen LogP contribution in [0.2, 0.25) is 0 Å². The van der Waals surface area contributed by atoms with Crippen molar-refractivity contribution in [3.05, 3.63) is 65.5 Å². The van der Waals surface area contributed by atoms with Gasteiger partial charge >= 0.3 is 0 Å². The quantitative estimate of drug-likeness (QED) is 0.856. The first kappa shape index (κ1) is 13.8. The number of aryl methyl sites for hydroxylation is 2. The first-order valence-corrected chi connectivity index (χ1v) is 6.89. The number of aromatic nitrogens is 1. The van der Waals surface area contributed by atoms with Gasteiger partial charge in [-0.25, -0.2) is 0 Å². The summed E-state index contributed by atoms with van der Waals surface area (Å²) in [6.45, 7) is 2.13. The Morgan fingerprint density at radius 1 is 1.11 bits per heavy atom. The van der Waals surface area contributed by atoms with E-state index in [0.29, 0.717) is 6.04 Å². The van der Waals surface area contributed by atoms with E-state index >= 15 is 0 Å². The molecule has 0 saturated heterocycles. The van der Waals surface area contributed by atoms with Crippen molar-refractivity contribution in [2.24, 2.45) is 0 Å². The molecule has 2 aromatic rings. The number of pyridine rings is 1. The number of benzene rings is 1. The van der Waals surface area contributed by atoms with Gasteiger partial charge in [0.25, 0.3) is 0 Å². The molecule has 0 aliphatic carbocycles. The molecular weight excluding hydrogens is 232 g/mol. The van der Waals surface area contributed by atoms with Crippen LogP contribution in [0.5, 0.6) is 0 Å². The lowest BCUT2D eigenvalue weighted by Gasteiger charge is -2.16. The Balaban J connectivity index is 1.88. The molecule has 0 amide bonds. The van der Waals surface area contributed by atoms with Crippen molar-refractivity contribution in [3.8, 4) is 0 Å². The van der Waals surface area contributed by atoms with Crippen molar-refractivity contribution in [2.45, 2.75) is 32.2 Å². The minimum atomic E-state index is 0.517. The fraction of sp³-hybridized carbons (Fsp3) is 0.353. The van der Waals surface area contributed by atoms with Crippen molar-refractivity contribution in [2.75, 3.05) is 7.05 Å². The molecule has 0 aliphatic heterocycles. The highest BCUT2D eigenvalue weighted by Crippen LogP contribution is 2.10. The molecule has 0 saturated carbocycles. The smallest absolute Gasteiger partial charge is 0.0299 e. The Hall–Kier alpha value is -1.67. The van der Waals surface area contributed by atoms with Crippen LogP contribution in [0.3, 0.4) is 0 Å². The van der Waals surface area contributed by atoms with E-state index in [1.807, 2.05) is 25.5 Å². The van der Waals surface area contributed by atoms with Crippen molar-refractivity contribution in [3.63, 3.8) is 0 Å². The fourth-order valence-electron chi connectivity index (χ4n) is 2.24. The van der Waals surface area contributed by atoms with Gasteiger partial charge in [-0.05, 0) is 50.4 Å². The molecule has 0 bridgehead atoms. The molecule has 2 nitrogen and oxygen atoms in total. The number of likely N-dealkylation sites (N-methyl/N-ethyl adjacent to an activating group) is 1. The molecule has 0 radical (unpaired) electrons. The van der Waals surface area contributed by atoms with Crippen molar-refractivity contribution in [1.82, 2.24) is 10.3 Å². The largest absolute Gasteiger partial charge is 0.317 e. The maximum atomic E-state index is 4.16. The SMILES string of the molecule is CNC(CCc1cccnc1)Cc1ccc(C)cc1. The van der Waals surface area contributed by atoms with Gasteiger partial charge < -0.3 is 5.32 Å². The second-order valence-corrected chi connectivity index (χ2v) is 5.08. The third-order valence-corrected chi connectivity index (χ3v) is 3.52. The molecule has 2 heteroatoms. The van der Waals surface area contributed by atoms with Gasteiger partial charge in [-0.3, -0.25) is 4.98 Å². The van der Waals surface area contributed by atoms with Gasteiger partial charge in [0, 0.05) is 18.4 Å². The minimum Gasteiger partial charge on any atom is -0.317 e. The summed E-state index contributed by atoms with van der Waals surface area (Å²) in [5, 5.41) is 3.41. The van der Waals surface area contributed by atoms with Crippen LogP contribution < -0.4 is 5.32 Å². The van der Waals surface area contributed by atoms with E-state index in [1.165, 1.54) is 16.7 Å². The molecule has 2 rings (SSSR count). The standard InChI is InChI=1S/C17H22N2/c1-14-5-7-15(8-6-14)12-17(18-2)10-9-16-4-3-11-19-13-16/h3-8,11,13,17-18H,9-10,12H2,1-2H3. The zero-order valence-corrected chi connectivity index (χ0v) is 11.8. The summed E-state index contributed by atoms with van der Waals surface area (Å²) in [6, 6.07) is 13.5. The highest BCUT2D eigenvalue weighted by molar-refractivity contribution is 5.22. The molecule has 1 unspecified atom stereocenters. The molecule has 19 heavy (non-hydrogen) atoms. The summed E-state index contributed by atoms with van der Waals surface area (Å²) in [4.78, 5) is 4.16. The highest BCUT2D eigenvalue weighted by atomic mass is 14.9. The second-order valence-electron chi connectivity index (χ2n) is 5.08. The number of hydrogen-bond acceptors (Lipinski definition) is 2. The van der Waals surface area contributed by atoms with E-state index in [0.717, 1.165) is 19.3 Å². The van der Waals surface area contributed by atoms with E-state index in [9.17, 15) is 0 Å². The molecular formula is C17H22N2. The third kappa shape index (κ3) is 4.49. The summed E-state index contributed by atoms with van der Waals surface area (Å²) < 4.78 is 0. The highest BCUT2D eigenvalue weighted by Gasteiger charge is 2.07. The Morgan fingerprint density at radius 2 is 1.89 bits per heavy atom. The molecule has 1 N–H and O–H groups in total. The van der Waals surface area contributed by atoms with E-state index < -0.39 is 0 Å². The average molecular weight is 254 g/mol. The van der Waals surface area contributed by atoms with Gasteiger partial charge in [0.1, 0.15) is 0 Å². The maximum absolute atomic E-state index is 4.16. The van der Waals surface area contributed by atoms with Gasteiger partial charge in [-0.15, -0.1) is 0 Å². The van der Waals surface area contributed by atoms with Crippen molar-refractivity contribution < 1.29 is 0 Å². The molecule has 0 aliphatic rings. The third-order valence-electron chi connectivity index (χ3n) is 3.52. The second kappa shape index (κ2) is 7.05. The van der Waals surface area contributed by atoms with Gasteiger partial charge in [0.05, 0.1) is 0 Å². The van der Waals surface area contributed by atoms with Crippen LogP contribution in [0.1, 0.15) is 23.1 Å². The predicted octanol–water partition coefficient (Wildman–Crippen LogP) is 3.15. The summed E-state index contributed by atoms with van der Waals surface area (Å²) in [5.74, 6) is 0. The predicted molar refractivity (Wildman–Crippen MR) is 80.3 cm³/mol.